The van der Waals surface area contributed by atoms with E-state index in [9.17, 15) is 13.2 Å². The van der Waals surface area contributed by atoms with Gasteiger partial charge in [0.05, 0.1) is 5.56 Å². The van der Waals surface area contributed by atoms with E-state index in [1.165, 1.54) is 0 Å². The monoisotopic (exact) mass is 258 g/mol. The predicted molar refractivity (Wildman–Crippen MR) is 65.7 cm³/mol. The van der Waals surface area contributed by atoms with Crippen molar-refractivity contribution in [3.63, 3.8) is 0 Å². The van der Waals surface area contributed by atoms with Crippen molar-refractivity contribution >= 4 is 5.69 Å². The molecule has 1 fully saturated rings. The largest absolute Gasteiger partial charge is 0.416 e. The van der Waals surface area contributed by atoms with Crippen molar-refractivity contribution in [1.29, 1.82) is 0 Å². The molecule has 1 aliphatic heterocycles. The van der Waals surface area contributed by atoms with Crippen molar-refractivity contribution in [1.82, 2.24) is 5.32 Å². The molecule has 0 spiro atoms. The van der Waals surface area contributed by atoms with Gasteiger partial charge in [-0.25, -0.2) is 0 Å². The Hall–Kier alpha value is -1.23. The Balaban J connectivity index is 2.09. The molecule has 0 saturated carbocycles. The first-order chi connectivity index (χ1) is 8.48. The molecule has 100 valence electrons. The van der Waals surface area contributed by atoms with Crippen molar-refractivity contribution < 1.29 is 13.2 Å². The Morgan fingerprint density at radius 3 is 2.17 bits per heavy atom. The number of hydrogen-bond acceptors (Lipinski definition) is 2. The normalized spacial score (nSPS) is 17.8. The highest BCUT2D eigenvalue weighted by atomic mass is 19.4. The summed E-state index contributed by atoms with van der Waals surface area (Å²) >= 11 is 0. The van der Waals surface area contributed by atoms with Crippen molar-refractivity contribution in [2.45, 2.75) is 25.1 Å². The Kier molecular flexibility index (Phi) is 3.80. The lowest BCUT2D eigenvalue weighted by Crippen LogP contribution is -2.41. The van der Waals surface area contributed by atoms with Gasteiger partial charge >= 0.3 is 6.18 Å². The van der Waals surface area contributed by atoms with Crippen LogP contribution in [0.5, 0.6) is 0 Å². The molecule has 1 heterocycles. The molecule has 1 aromatic rings. The minimum Gasteiger partial charge on any atom is -0.372 e. The van der Waals surface area contributed by atoms with E-state index < -0.39 is 11.7 Å². The van der Waals surface area contributed by atoms with Crippen LogP contribution in [-0.2, 0) is 6.18 Å². The minimum absolute atomic E-state index is 0.406. The van der Waals surface area contributed by atoms with Crippen molar-refractivity contribution in [2.75, 3.05) is 25.0 Å². The number of anilines is 1. The van der Waals surface area contributed by atoms with E-state index in [-0.39, 0.29) is 0 Å². The lowest BCUT2D eigenvalue weighted by molar-refractivity contribution is -0.137. The van der Waals surface area contributed by atoms with Crippen LogP contribution in [0.4, 0.5) is 18.9 Å². The van der Waals surface area contributed by atoms with Crippen LogP contribution in [0.25, 0.3) is 0 Å². The number of rotatable bonds is 2. The quantitative estimate of drug-likeness (QED) is 0.877. The van der Waals surface area contributed by atoms with Gasteiger partial charge in [-0.05, 0) is 50.2 Å². The number of hydrogen-bond donors (Lipinski definition) is 1. The van der Waals surface area contributed by atoms with Crippen LogP contribution >= 0.6 is 0 Å². The molecule has 2 rings (SSSR count). The zero-order chi connectivity index (χ0) is 13.2. The molecule has 1 aromatic carbocycles. The Labute approximate surface area is 105 Å². The van der Waals surface area contributed by atoms with Crippen LogP contribution in [0.15, 0.2) is 24.3 Å². The van der Waals surface area contributed by atoms with Crippen LogP contribution in [0.1, 0.15) is 18.4 Å². The first-order valence-corrected chi connectivity index (χ1v) is 6.09. The maximum absolute atomic E-state index is 12.5. The summed E-state index contributed by atoms with van der Waals surface area (Å²) in [5, 5.41) is 3.27. The average molecular weight is 258 g/mol. The van der Waals surface area contributed by atoms with Crippen molar-refractivity contribution in [3.05, 3.63) is 29.8 Å². The summed E-state index contributed by atoms with van der Waals surface area (Å²) in [6.45, 7) is 1.94. The third kappa shape index (κ3) is 2.96. The fraction of sp³-hybridized carbons (Fsp3) is 0.538. The summed E-state index contributed by atoms with van der Waals surface area (Å²) in [7, 11) is 1.94. The van der Waals surface area contributed by atoms with Crippen LogP contribution in [0.2, 0.25) is 0 Å². The standard InChI is InChI=1S/C13H17F3N2/c1-18(12-6-8-17-9-7-12)11-4-2-10(3-5-11)13(14,15)16/h2-5,12,17H,6-9H2,1H3. The van der Waals surface area contributed by atoms with Gasteiger partial charge in [-0.3, -0.25) is 0 Å². The molecule has 0 bridgehead atoms. The van der Waals surface area contributed by atoms with Crippen molar-refractivity contribution in [3.8, 4) is 0 Å². The van der Waals surface area contributed by atoms with Crippen molar-refractivity contribution in [2.24, 2.45) is 0 Å². The molecular weight excluding hydrogens is 241 g/mol. The second-order valence-corrected chi connectivity index (χ2v) is 4.64. The maximum atomic E-state index is 12.5. The minimum atomic E-state index is -4.26. The fourth-order valence-corrected chi connectivity index (χ4v) is 2.29. The molecule has 0 unspecified atom stereocenters. The number of piperidine rings is 1. The number of alkyl halides is 3. The van der Waals surface area contributed by atoms with E-state index in [0.29, 0.717) is 6.04 Å². The third-order valence-electron chi connectivity index (χ3n) is 3.46. The number of benzene rings is 1. The summed E-state index contributed by atoms with van der Waals surface area (Å²) in [6.07, 6.45) is -2.21. The number of nitrogens with zero attached hydrogens (tertiary/aromatic N) is 1. The molecule has 5 heteroatoms. The zero-order valence-corrected chi connectivity index (χ0v) is 10.3. The molecule has 0 atom stereocenters. The lowest BCUT2D eigenvalue weighted by atomic mass is 10.0. The first-order valence-electron chi connectivity index (χ1n) is 6.09. The van der Waals surface area contributed by atoms with E-state index in [4.69, 9.17) is 0 Å². The van der Waals surface area contributed by atoms with Crippen LogP contribution in [0, 0.1) is 0 Å². The Bertz CT molecular complexity index is 380. The third-order valence-corrected chi connectivity index (χ3v) is 3.46. The second-order valence-electron chi connectivity index (χ2n) is 4.64. The van der Waals surface area contributed by atoms with Crippen LogP contribution in [0.3, 0.4) is 0 Å². The second kappa shape index (κ2) is 5.18. The molecule has 0 aliphatic carbocycles. The molecule has 0 radical (unpaired) electrons. The Morgan fingerprint density at radius 2 is 1.67 bits per heavy atom. The fourth-order valence-electron chi connectivity index (χ4n) is 2.29. The highest BCUT2D eigenvalue weighted by molar-refractivity contribution is 5.48. The van der Waals surface area contributed by atoms with Gasteiger partial charge < -0.3 is 10.2 Å². The van der Waals surface area contributed by atoms with Gasteiger partial charge in [0.2, 0.25) is 0 Å². The van der Waals surface area contributed by atoms with Gasteiger partial charge in [-0.2, -0.15) is 13.2 Å². The van der Waals surface area contributed by atoms with Gasteiger partial charge in [0, 0.05) is 18.8 Å². The number of halogens is 3. The van der Waals surface area contributed by atoms with Gasteiger partial charge in [0.1, 0.15) is 0 Å². The lowest BCUT2D eigenvalue weighted by Gasteiger charge is -2.33. The van der Waals surface area contributed by atoms with Crippen LogP contribution in [-0.4, -0.2) is 26.2 Å². The molecule has 1 saturated heterocycles. The van der Waals surface area contributed by atoms with E-state index in [0.717, 1.165) is 43.8 Å². The highest BCUT2D eigenvalue weighted by Gasteiger charge is 2.30. The maximum Gasteiger partial charge on any atom is 0.416 e. The molecule has 18 heavy (non-hydrogen) atoms. The van der Waals surface area contributed by atoms with E-state index in [1.54, 1.807) is 12.1 Å². The highest BCUT2D eigenvalue weighted by Crippen LogP contribution is 2.31. The summed E-state index contributed by atoms with van der Waals surface area (Å²) < 4.78 is 37.4. The van der Waals surface area contributed by atoms with Gasteiger partial charge in [0.15, 0.2) is 0 Å². The van der Waals surface area contributed by atoms with E-state index >= 15 is 0 Å². The molecule has 0 amide bonds. The summed E-state index contributed by atoms with van der Waals surface area (Å²) in [6, 6.07) is 5.79. The first kappa shape index (κ1) is 13.2. The van der Waals surface area contributed by atoms with Gasteiger partial charge in [-0.15, -0.1) is 0 Å². The Morgan fingerprint density at radius 1 is 1.11 bits per heavy atom. The molecular formula is C13H17F3N2. The van der Waals surface area contributed by atoms with Gasteiger partial charge in [0.25, 0.3) is 0 Å². The summed E-state index contributed by atoms with van der Waals surface area (Å²) in [5.41, 5.74) is 0.250. The number of nitrogens with one attached hydrogen (secondary N) is 1. The topological polar surface area (TPSA) is 15.3 Å². The zero-order valence-electron chi connectivity index (χ0n) is 10.3. The SMILES string of the molecule is CN(c1ccc(C(F)(F)F)cc1)C1CCNCC1. The van der Waals surface area contributed by atoms with Gasteiger partial charge in [-0.1, -0.05) is 0 Å². The average Bonchev–Trinajstić information content (AvgIpc) is 2.38. The summed E-state index contributed by atoms with van der Waals surface area (Å²) in [5.74, 6) is 0. The summed E-state index contributed by atoms with van der Waals surface area (Å²) in [4.78, 5) is 2.07. The molecule has 2 nitrogen and oxygen atoms in total. The molecule has 1 N–H and O–H groups in total. The van der Waals surface area contributed by atoms with E-state index in [1.807, 2.05) is 7.05 Å². The van der Waals surface area contributed by atoms with Crippen LogP contribution < -0.4 is 10.2 Å². The molecule has 0 aromatic heterocycles. The smallest absolute Gasteiger partial charge is 0.372 e. The molecule has 1 aliphatic rings. The predicted octanol–water partition coefficient (Wildman–Crippen LogP) is 2.89. The van der Waals surface area contributed by atoms with E-state index in [2.05, 4.69) is 10.2 Å².